The molecule has 1 aliphatic carbocycles. The van der Waals surface area contributed by atoms with Crippen LogP contribution in [-0.2, 0) is 4.65 Å². The van der Waals surface area contributed by atoms with Crippen molar-refractivity contribution >= 4 is 7.12 Å². The van der Waals surface area contributed by atoms with Crippen LogP contribution in [0.4, 0.5) is 4.39 Å². The number of hydrogen-bond donors (Lipinski definition) is 1. The number of rotatable bonds is 5. The van der Waals surface area contributed by atoms with Crippen LogP contribution >= 0.6 is 0 Å². The van der Waals surface area contributed by atoms with Crippen molar-refractivity contribution in [2.75, 3.05) is 13.7 Å². The number of nitrogens with zero attached hydrogens (tertiary/aromatic N) is 1. The molecular weight excluding hydrogens is 348 g/mol. The van der Waals surface area contributed by atoms with Crippen molar-refractivity contribution in [3.63, 3.8) is 0 Å². The summed E-state index contributed by atoms with van der Waals surface area (Å²) in [7, 11) is 0.819. The molecule has 2 aromatic rings. The molecule has 7 heteroatoms. The molecule has 0 bridgehead atoms. The Hall–Kier alpha value is -2.12. The number of benzene rings is 1. The zero-order valence-electron chi connectivity index (χ0n) is 15.4. The summed E-state index contributed by atoms with van der Waals surface area (Å²) in [6, 6.07) is 8.45. The van der Waals surface area contributed by atoms with E-state index in [1.807, 2.05) is 0 Å². The fraction of sp³-hybridized carbons (Fsp3) is 0.450. The van der Waals surface area contributed by atoms with Crippen LogP contribution in [0, 0.1) is 5.82 Å². The third kappa shape index (κ3) is 3.94. The summed E-state index contributed by atoms with van der Waals surface area (Å²) in [4.78, 5) is 4.52. The van der Waals surface area contributed by atoms with E-state index in [1.165, 1.54) is 18.9 Å². The van der Waals surface area contributed by atoms with E-state index < -0.39 is 12.9 Å². The highest BCUT2D eigenvalue weighted by atomic mass is 19.1. The van der Waals surface area contributed by atoms with Gasteiger partial charge in [0, 0.05) is 23.8 Å². The van der Waals surface area contributed by atoms with Crippen LogP contribution in [0.2, 0.25) is 6.32 Å². The van der Waals surface area contributed by atoms with Crippen LogP contribution in [0.15, 0.2) is 30.3 Å². The van der Waals surface area contributed by atoms with E-state index in [9.17, 15) is 9.41 Å². The van der Waals surface area contributed by atoms with Crippen molar-refractivity contribution in [3.05, 3.63) is 41.8 Å². The molecule has 2 heterocycles. The van der Waals surface area contributed by atoms with E-state index in [2.05, 4.69) is 4.98 Å². The molecule has 142 valence electrons. The van der Waals surface area contributed by atoms with Gasteiger partial charge in [-0.2, -0.15) is 0 Å². The van der Waals surface area contributed by atoms with Gasteiger partial charge in [0.1, 0.15) is 11.5 Å². The fourth-order valence-electron chi connectivity index (χ4n) is 3.80. The van der Waals surface area contributed by atoms with E-state index >= 15 is 0 Å². The van der Waals surface area contributed by atoms with Crippen molar-refractivity contribution in [2.24, 2.45) is 0 Å². The van der Waals surface area contributed by atoms with Gasteiger partial charge in [-0.15, -0.1) is 0 Å². The Morgan fingerprint density at radius 1 is 1.19 bits per heavy atom. The quantitative estimate of drug-likeness (QED) is 0.810. The molecule has 0 amide bonds. The maximum atomic E-state index is 14.5. The Balaban J connectivity index is 1.65. The molecule has 27 heavy (non-hydrogen) atoms. The van der Waals surface area contributed by atoms with Gasteiger partial charge in [0.15, 0.2) is 11.5 Å². The minimum Gasteiger partial charge on any atom is -0.493 e. The second-order valence-electron chi connectivity index (χ2n) is 7.18. The smallest absolute Gasteiger partial charge is 0.454 e. The Labute approximate surface area is 158 Å². The van der Waals surface area contributed by atoms with Crippen molar-refractivity contribution < 1.29 is 23.5 Å². The molecule has 5 nitrogen and oxygen atoms in total. The standard InChI is InChI=1S/C20H23BFNO4/c1-25-18-9-6-13(10-19(18)27-15-4-2-3-5-15)20-16(22)7-8-17(23-20)14-11-21(24)26-12-14/h6-10,14-15,24H,2-5,11-12H2,1H3/t14-/m1/s1. The van der Waals surface area contributed by atoms with Crippen LogP contribution < -0.4 is 9.47 Å². The highest BCUT2D eigenvalue weighted by molar-refractivity contribution is 6.43. The van der Waals surface area contributed by atoms with Gasteiger partial charge in [-0.1, -0.05) is 0 Å². The second kappa shape index (κ2) is 7.86. The predicted octanol–water partition coefficient (Wildman–Crippen LogP) is 3.81. The lowest BCUT2D eigenvalue weighted by molar-refractivity contribution is 0.201. The van der Waals surface area contributed by atoms with Crippen molar-refractivity contribution in [1.82, 2.24) is 4.98 Å². The van der Waals surface area contributed by atoms with E-state index in [0.29, 0.717) is 30.0 Å². The lowest BCUT2D eigenvalue weighted by Gasteiger charge is -2.17. The molecule has 2 aliphatic rings. The molecule has 2 fully saturated rings. The summed E-state index contributed by atoms with van der Waals surface area (Å²) in [5.41, 5.74) is 1.63. The number of methoxy groups -OCH3 is 1. The summed E-state index contributed by atoms with van der Waals surface area (Å²) in [6.45, 7) is 0.387. The Kier molecular flexibility index (Phi) is 5.32. The van der Waals surface area contributed by atoms with E-state index in [4.69, 9.17) is 14.1 Å². The highest BCUT2D eigenvalue weighted by Gasteiger charge is 2.31. The molecule has 0 spiro atoms. The molecular formula is C20H23BFNO4. The first-order chi connectivity index (χ1) is 13.1. The third-order valence-corrected chi connectivity index (χ3v) is 5.29. The van der Waals surface area contributed by atoms with Gasteiger partial charge in [-0.3, -0.25) is 0 Å². The van der Waals surface area contributed by atoms with Gasteiger partial charge >= 0.3 is 7.12 Å². The van der Waals surface area contributed by atoms with E-state index in [0.717, 1.165) is 18.5 Å². The lowest BCUT2D eigenvalue weighted by Crippen LogP contribution is -2.11. The molecule has 1 aliphatic heterocycles. The first kappa shape index (κ1) is 18.3. The van der Waals surface area contributed by atoms with Gasteiger partial charge in [-0.25, -0.2) is 9.37 Å². The Morgan fingerprint density at radius 3 is 2.70 bits per heavy atom. The first-order valence-corrected chi connectivity index (χ1v) is 9.45. The molecule has 1 atom stereocenters. The van der Waals surface area contributed by atoms with Crippen LogP contribution in [0.5, 0.6) is 11.5 Å². The SMILES string of the molecule is COc1ccc(-c2nc([C@H]3COB(O)C3)ccc2F)cc1OC1CCCC1. The number of pyridine rings is 1. The zero-order valence-corrected chi connectivity index (χ0v) is 15.4. The summed E-state index contributed by atoms with van der Waals surface area (Å²) in [5.74, 6) is 0.824. The largest absolute Gasteiger partial charge is 0.493 e. The molecule has 1 N–H and O–H groups in total. The first-order valence-electron chi connectivity index (χ1n) is 9.45. The van der Waals surface area contributed by atoms with Gasteiger partial charge in [0.2, 0.25) is 0 Å². The van der Waals surface area contributed by atoms with Crippen LogP contribution in [0.25, 0.3) is 11.3 Å². The third-order valence-electron chi connectivity index (χ3n) is 5.29. The summed E-state index contributed by atoms with van der Waals surface area (Å²) in [6.07, 6.45) is 5.03. The number of aromatic nitrogens is 1. The molecule has 0 radical (unpaired) electrons. The van der Waals surface area contributed by atoms with Crippen molar-refractivity contribution in [1.29, 1.82) is 0 Å². The molecule has 0 unspecified atom stereocenters. The number of halogens is 1. The summed E-state index contributed by atoms with van der Waals surface area (Å²) >= 11 is 0. The van der Waals surface area contributed by atoms with Gasteiger partial charge in [-0.05, 0) is 62.3 Å². The summed E-state index contributed by atoms with van der Waals surface area (Å²) in [5, 5.41) is 9.58. The average Bonchev–Trinajstić information content (AvgIpc) is 3.34. The maximum Gasteiger partial charge on any atom is 0.454 e. The average molecular weight is 371 g/mol. The van der Waals surface area contributed by atoms with Gasteiger partial charge < -0.3 is 19.2 Å². The predicted molar refractivity (Wildman–Crippen MR) is 101 cm³/mol. The molecule has 1 saturated carbocycles. The van der Waals surface area contributed by atoms with Gasteiger partial charge in [0.25, 0.3) is 0 Å². The fourth-order valence-corrected chi connectivity index (χ4v) is 3.80. The summed E-state index contributed by atoms with van der Waals surface area (Å²) < 4.78 is 31.3. The van der Waals surface area contributed by atoms with Crippen molar-refractivity contribution in [2.45, 2.75) is 44.0 Å². The Morgan fingerprint density at radius 2 is 2.00 bits per heavy atom. The maximum absolute atomic E-state index is 14.5. The molecule has 4 rings (SSSR count). The molecule has 1 aromatic carbocycles. The molecule has 1 aromatic heterocycles. The van der Waals surface area contributed by atoms with Gasteiger partial charge in [0.05, 0.1) is 13.2 Å². The normalized spacial score (nSPS) is 20.3. The highest BCUT2D eigenvalue weighted by Crippen LogP contribution is 2.36. The topological polar surface area (TPSA) is 60.8 Å². The van der Waals surface area contributed by atoms with E-state index in [-0.39, 0.29) is 17.7 Å². The van der Waals surface area contributed by atoms with E-state index in [1.54, 1.807) is 31.4 Å². The molecule has 1 saturated heterocycles. The minimum atomic E-state index is -0.780. The number of hydrogen-bond acceptors (Lipinski definition) is 5. The lowest BCUT2D eigenvalue weighted by atomic mass is 9.81. The minimum absolute atomic E-state index is 0.0354. The Bertz CT molecular complexity index is 813. The zero-order chi connectivity index (χ0) is 18.8. The number of ether oxygens (including phenoxy) is 2. The van der Waals surface area contributed by atoms with Crippen LogP contribution in [0.1, 0.15) is 37.3 Å². The van der Waals surface area contributed by atoms with Crippen LogP contribution in [0.3, 0.4) is 0 Å². The monoisotopic (exact) mass is 371 g/mol. The second-order valence-corrected chi connectivity index (χ2v) is 7.18. The van der Waals surface area contributed by atoms with Crippen molar-refractivity contribution in [3.8, 4) is 22.8 Å². The van der Waals surface area contributed by atoms with Crippen LogP contribution in [-0.4, -0.2) is 36.9 Å².